The maximum atomic E-state index is 4.28. The summed E-state index contributed by atoms with van der Waals surface area (Å²) in [5, 5.41) is 8.81. The molecule has 1 aliphatic heterocycles. The van der Waals surface area contributed by atoms with Crippen LogP contribution >= 0.6 is 47.1 Å². The van der Waals surface area contributed by atoms with Crippen LogP contribution in [0.25, 0.3) is 0 Å². The normalized spacial score (nSPS) is 14.8. The quantitative estimate of drug-likeness (QED) is 0.382. The highest BCUT2D eigenvalue weighted by Crippen LogP contribution is 2.19. The number of rotatable bonds is 5. The van der Waals surface area contributed by atoms with E-state index in [4.69, 9.17) is 0 Å². The predicted octanol–water partition coefficient (Wildman–Crippen LogP) is 3.78. The fourth-order valence-electron chi connectivity index (χ4n) is 2.64. The molecule has 136 valence electrons. The number of hydrogen-bond acceptors (Lipinski definition) is 4. The van der Waals surface area contributed by atoms with Crippen molar-refractivity contribution in [2.75, 3.05) is 36.5 Å². The Bertz CT molecular complexity index is 638. The van der Waals surface area contributed by atoms with E-state index in [-0.39, 0.29) is 24.0 Å². The Morgan fingerprint density at radius 2 is 1.80 bits per heavy atom. The summed E-state index contributed by atoms with van der Waals surface area (Å²) in [5.41, 5.74) is 2.60. The highest BCUT2D eigenvalue weighted by molar-refractivity contribution is 14.0. The van der Waals surface area contributed by atoms with Crippen LogP contribution in [0.3, 0.4) is 0 Å². The third-order valence-electron chi connectivity index (χ3n) is 4.01. The number of aliphatic imine (C=N–C) groups is 1. The van der Waals surface area contributed by atoms with Crippen molar-refractivity contribution in [3.8, 4) is 0 Å². The Kier molecular flexibility index (Phi) is 8.91. The largest absolute Gasteiger partial charge is 0.370 e. The number of guanidine groups is 1. The Balaban J connectivity index is 0.00000225. The van der Waals surface area contributed by atoms with Gasteiger partial charge in [-0.15, -0.1) is 35.3 Å². The topological polar surface area (TPSA) is 39.7 Å². The van der Waals surface area contributed by atoms with Crippen molar-refractivity contribution in [2.24, 2.45) is 4.99 Å². The molecular weight excluding hydrogens is 463 g/mol. The molecule has 0 aliphatic carbocycles. The van der Waals surface area contributed by atoms with Gasteiger partial charge in [0.1, 0.15) is 0 Å². The second-order valence-corrected chi connectivity index (χ2v) is 7.88. The molecule has 25 heavy (non-hydrogen) atoms. The van der Waals surface area contributed by atoms with Crippen molar-refractivity contribution in [3.63, 3.8) is 0 Å². The zero-order valence-electron chi connectivity index (χ0n) is 14.4. The van der Waals surface area contributed by atoms with E-state index in [1.165, 1.54) is 27.6 Å². The lowest BCUT2D eigenvalue weighted by molar-refractivity contribution is 0.814. The average Bonchev–Trinajstić information content (AvgIpc) is 3.17. The molecule has 4 nitrogen and oxygen atoms in total. The minimum absolute atomic E-state index is 0. The van der Waals surface area contributed by atoms with E-state index in [0.29, 0.717) is 0 Å². The third kappa shape index (κ3) is 6.38. The van der Waals surface area contributed by atoms with Crippen molar-refractivity contribution in [1.82, 2.24) is 10.6 Å². The van der Waals surface area contributed by atoms with E-state index in [9.17, 15) is 0 Å². The lowest BCUT2D eigenvalue weighted by Crippen LogP contribution is -2.36. The molecule has 1 aliphatic rings. The monoisotopic (exact) mass is 488 g/mol. The van der Waals surface area contributed by atoms with E-state index in [1.807, 2.05) is 11.8 Å². The van der Waals surface area contributed by atoms with Gasteiger partial charge in [0.25, 0.3) is 0 Å². The minimum Gasteiger partial charge on any atom is -0.370 e. The summed E-state index contributed by atoms with van der Waals surface area (Å²) in [6.07, 6.45) is 0. The van der Waals surface area contributed by atoms with Crippen LogP contribution in [0.1, 0.15) is 10.4 Å². The van der Waals surface area contributed by atoms with Gasteiger partial charge >= 0.3 is 0 Å². The number of halogens is 1. The number of benzene rings is 1. The van der Waals surface area contributed by atoms with Gasteiger partial charge in [-0.05, 0) is 29.1 Å². The van der Waals surface area contributed by atoms with Gasteiger partial charge in [-0.1, -0.05) is 18.2 Å². The molecule has 2 aromatic rings. The van der Waals surface area contributed by atoms with Crippen molar-refractivity contribution in [3.05, 3.63) is 52.2 Å². The maximum Gasteiger partial charge on any atom is 0.191 e. The molecule has 1 aromatic heterocycles. The molecule has 1 fully saturated rings. The first-order valence-corrected chi connectivity index (χ1v) is 10.3. The molecule has 1 saturated heterocycles. The Labute approximate surface area is 175 Å². The van der Waals surface area contributed by atoms with Crippen LogP contribution in [0.4, 0.5) is 5.69 Å². The van der Waals surface area contributed by atoms with Crippen LogP contribution < -0.4 is 15.5 Å². The van der Waals surface area contributed by atoms with E-state index >= 15 is 0 Å². The number of nitrogens with zero attached hydrogens (tertiary/aromatic N) is 2. The van der Waals surface area contributed by atoms with E-state index in [2.05, 4.69) is 62.3 Å². The first-order valence-electron chi connectivity index (χ1n) is 8.23. The molecular formula is C18H25IN4S2. The highest BCUT2D eigenvalue weighted by atomic mass is 127. The van der Waals surface area contributed by atoms with Crippen LogP contribution in [0.5, 0.6) is 0 Å². The predicted molar refractivity (Wildman–Crippen MR) is 123 cm³/mol. The summed E-state index contributed by atoms with van der Waals surface area (Å²) in [6.45, 7) is 3.90. The molecule has 0 spiro atoms. The van der Waals surface area contributed by atoms with E-state index in [0.717, 1.165) is 32.1 Å². The van der Waals surface area contributed by atoms with Crippen LogP contribution in [0.2, 0.25) is 0 Å². The lowest BCUT2D eigenvalue weighted by Gasteiger charge is -2.28. The SMILES string of the molecule is CN=C(NCc1ccc(N2CCSCC2)cc1)NCc1cccs1.I. The van der Waals surface area contributed by atoms with Gasteiger partial charge in [0.05, 0.1) is 6.54 Å². The Morgan fingerprint density at radius 1 is 1.08 bits per heavy atom. The summed E-state index contributed by atoms with van der Waals surface area (Å²) in [7, 11) is 1.81. The van der Waals surface area contributed by atoms with E-state index < -0.39 is 0 Å². The molecule has 0 atom stereocenters. The van der Waals surface area contributed by atoms with Gasteiger partial charge in [0.15, 0.2) is 5.96 Å². The molecule has 0 saturated carbocycles. The van der Waals surface area contributed by atoms with Gasteiger partial charge < -0.3 is 15.5 Å². The molecule has 1 aromatic carbocycles. The molecule has 0 unspecified atom stereocenters. The number of hydrogen-bond donors (Lipinski definition) is 2. The maximum absolute atomic E-state index is 4.28. The first kappa shape index (κ1) is 20.4. The number of nitrogens with one attached hydrogen (secondary N) is 2. The second-order valence-electron chi connectivity index (χ2n) is 5.62. The first-order chi connectivity index (χ1) is 11.8. The van der Waals surface area contributed by atoms with Crippen LogP contribution in [0.15, 0.2) is 46.8 Å². The summed E-state index contributed by atoms with van der Waals surface area (Å²) in [5.74, 6) is 3.30. The summed E-state index contributed by atoms with van der Waals surface area (Å²) < 4.78 is 0. The van der Waals surface area contributed by atoms with Gasteiger partial charge in [-0.2, -0.15) is 11.8 Å². The van der Waals surface area contributed by atoms with Crippen molar-refractivity contribution >= 4 is 58.7 Å². The van der Waals surface area contributed by atoms with Crippen molar-refractivity contribution in [1.29, 1.82) is 0 Å². The number of anilines is 1. The molecule has 0 amide bonds. The summed E-state index contributed by atoms with van der Waals surface area (Å²) in [6, 6.07) is 13.1. The van der Waals surface area contributed by atoms with Gasteiger partial charge in [0.2, 0.25) is 0 Å². The van der Waals surface area contributed by atoms with E-state index in [1.54, 1.807) is 18.4 Å². The zero-order chi connectivity index (χ0) is 16.6. The van der Waals surface area contributed by atoms with Crippen molar-refractivity contribution in [2.45, 2.75) is 13.1 Å². The number of thioether (sulfide) groups is 1. The van der Waals surface area contributed by atoms with Crippen LogP contribution in [0, 0.1) is 0 Å². The van der Waals surface area contributed by atoms with Crippen molar-refractivity contribution < 1.29 is 0 Å². The minimum atomic E-state index is 0. The lowest BCUT2D eigenvalue weighted by atomic mass is 10.2. The van der Waals surface area contributed by atoms with Gasteiger partial charge in [0, 0.05) is 48.8 Å². The Hall–Kier alpha value is -0.930. The third-order valence-corrected chi connectivity index (χ3v) is 5.83. The molecule has 0 radical (unpaired) electrons. The molecule has 3 rings (SSSR count). The fourth-order valence-corrected chi connectivity index (χ4v) is 4.18. The molecule has 2 N–H and O–H groups in total. The molecule has 7 heteroatoms. The van der Waals surface area contributed by atoms with Crippen LogP contribution in [-0.4, -0.2) is 37.6 Å². The average molecular weight is 488 g/mol. The van der Waals surface area contributed by atoms with Gasteiger partial charge in [-0.25, -0.2) is 0 Å². The zero-order valence-corrected chi connectivity index (χ0v) is 18.4. The van der Waals surface area contributed by atoms with Crippen LogP contribution in [-0.2, 0) is 13.1 Å². The smallest absolute Gasteiger partial charge is 0.191 e. The molecule has 2 heterocycles. The highest BCUT2D eigenvalue weighted by Gasteiger charge is 2.10. The second kappa shape index (κ2) is 10.9. The Morgan fingerprint density at radius 3 is 2.44 bits per heavy atom. The molecule has 0 bridgehead atoms. The van der Waals surface area contributed by atoms with Gasteiger partial charge in [-0.3, -0.25) is 4.99 Å². The summed E-state index contributed by atoms with van der Waals surface area (Å²) in [4.78, 5) is 8.06. The summed E-state index contributed by atoms with van der Waals surface area (Å²) >= 11 is 3.80. The number of thiophene rings is 1. The fraction of sp³-hybridized carbons (Fsp3) is 0.389. The standard InChI is InChI=1S/C18H24N4S2.HI/c1-19-18(21-14-17-3-2-10-24-17)20-13-15-4-6-16(7-5-15)22-8-11-23-12-9-22;/h2-7,10H,8-9,11-14H2,1H3,(H2,19,20,21);1H.